The highest BCUT2D eigenvalue weighted by molar-refractivity contribution is 7.15. The molecule has 2 heterocycles. The third-order valence-electron chi connectivity index (χ3n) is 5.07. The minimum absolute atomic E-state index is 0.150. The molecule has 1 fully saturated rings. The second kappa shape index (κ2) is 8.96. The molecule has 0 aromatic carbocycles. The molecule has 1 atom stereocenters. The Morgan fingerprint density at radius 2 is 2.00 bits per heavy atom. The van der Waals surface area contributed by atoms with Crippen LogP contribution < -0.4 is 10.6 Å². The van der Waals surface area contributed by atoms with Gasteiger partial charge >= 0.3 is 6.03 Å². The van der Waals surface area contributed by atoms with E-state index in [4.69, 9.17) is 4.74 Å². The summed E-state index contributed by atoms with van der Waals surface area (Å²) < 4.78 is 5.43. The molecule has 1 unspecified atom stereocenters. The van der Waals surface area contributed by atoms with E-state index in [9.17, 15) is 4.79 Å². The molecule has 0 bridgehead atoms. The number of amides is 2. The normalized spacial score (nSPS) is 20.0. The molecule has 2 amide bonds. The fraction of sp³-hybridized carbons (Fsp3) is 0.778. The second-order valence-corrected chi connectivity index (χ2v) is 8.33. The number of rotatable bonds is 5. The van der Waals surface area contributed by atoms with Gasteiger partial charge in [-0.25, -0.2) is 9.78 Å². The van der Waals surface area contributed by atoms with Crippen molar-refractivity contribution in [1.29, 1.82) is 0 Å². The van der Waals surface area contributed by atoms with Gasteiger partial charge in [-0.05, 0) is 31.6 Å². The lowest BCUT2D eigenvalue weighted by Gasteiger charge is -2.36. The number of morpholine rings is 1. The first-order chi connectivity index (χ1) is 12.1. The Labute approximate surface area is 154 Å². The summed E-state index contributed by atoms with van der Waals surface area (Å²) in [6, 6.07) is 0.186. The van der Waals surface area contributed by atoms with Crippen LogP contribution in [0.3, 0.4) is 0 Å². The number of carbonyl (C=O) groups excluding carboxylic acids is 1. The molecule has 0 radical (unpaired) electrons. The summed E-state index contributed by atoms with van der Waals surface area (Å²) in [6.45, 7) is 8.49. The van der Waals surface area contributed by atoms with Gasteiger partial charge in [-0.2, -0.15) is 0 Å². The molecule has 2 aliphatic rings. The Hall–Kier alpha value is -1.18. The first-order valence-corrected chi connectivity index (χ1v) is 10.3. The molecular formula is C18H30N4O2S. The number of hydrogen-bond acceptors (Lipinski definition) is 5. The average Bonchev–Trinajstić information content (AvgIpc) is 2.84. The molecule has 6 nitrogen and oxygen atoms in total. The molecule has 1 aliphatic carbocycles. The van der Waals surface area contributed by atoms with Crippen LogP contribution in [0.15, 0.2) is 0 Å². The van der Waals surface area contributed by atoms with E-state index < -0.39 is 0 Å². The van der Waals surface area contributed by atoms with Crippen LogP contribution in [0, 0.1) is 5.92 Å². The predicted octanol–water partition coefficient (Wildman–Crippen LogP) is 2.89. The van der Waals surface area contributed by atoms with Crippen molar-refractivity contribution in [2.45, 2.75) is 52.0 Å². The molecule has 1 aromatic rings. The van der Waals surface area contributed by atoms with Crippen LogP contribution in [0.5, 0.6) is 0 Å². The van der Waals surface area contributed by atoms with Gasteiger partial charge in [-0.1, -0.05) is 20.3 Å². The topological polar surface area (TPSA) is 66.5 Å². The van der Waals surface area contributed by atoms with Crippen molar-refractivity contribution < 1.29 is 9.53 Å². The zero-order chi connectivity index (χ0) is 17.6. The number of nitrogens with zero attached hydrogens (tertiary/aromatic N) is 2. The highest BCUT2D eigenvalue weighted by atomic mass is 32.1. The predicted molar refractivity (Wildman–Crippen MR) is 101 cm³/mol. The van der Waals surface area contributed by atoms with Gasteiger partial charge in [0.2, 0.25) is 0 Å². The SMILES string of the molecule is CC(C)C(CNC(=O)Nc1nc2c(s1)CCCCC2)N1CCOCC1. The van der Waals surface area contributed by atoms with Crippen LogP contribution >= 0.6 is 11.3 Å². The van der Waals surface area contributed by atoms with E-state index in [0.29, 0.717) is 18.5 Å². The zero-order valence-corrected chi connectivity index (χ0v) is 16.2. The summed E-state index contributed by atoms with van der Waals surface area (Å²) in [6.07, 6.45) is 5.86. The number of fused-ring (bicyclic) bond motifs is 1. The van der Waals surface area contributed by atoms with Crippen LogP contribution in [-0.4, -0.2) is 54.8 Å². The highest BCUT2D eigenvalue weighted by Gasteiger charge is 2.24. The Morgan fingerprint density at radius 1 is 1.24 bits per heavy atom. The molecule has 2 N–H and O–H groups in total. The Bertz CT molecular complexity index is 546. The number of carbonyl (C=O) groups is 1. The van der Waals surface area contributed by atoms with Crippen molar-refractivity contribution in [3.8, 4) is 0 Å². The van der Waals surface area contributed by atoms with Crippen LogP contribution in [-0.2, 0) is 17.6 Å². The smallest absolute Gasteiger partial charge is 0.321 e. The first-order valence-electron chi connectivity index (χ1n) is 9.48. The standard InChI is InChI=1S/C18H30N4O2S/c1-13(2)15(22-8-10-24-11-9-22)12-19-17(23)21-18-20-14-6-4-3-5-7-16(14)25-18/h13,15H,3-12H2,1-2H3,(H2,19,20,21,23). The molecular weight excluding hydrogens is 336 g/mol. The van der Waals surface area contributed by atoms with Gasteiger partial charge in [0.1, 0.15) is 0 Å². The van der Waals surface area contributed by atoms with Gasteiger partial charge in [-0.3, -0.25) is 10.2 Å². The van der Waals surface area contributed by atoms with E-state index in [-0.39, 0.29) is 6.03 Å². The lowest BCUT2D eigenvalue weighted by Crippen LogP contribution is -2.51. The maximum absolute atomic E-state index is 12.3. The molecule has 3 rings (SSSR count). The monoisotopic (exact) mass is 366 g/mol. The number of urea groups is 1. The summed E-state index contributed by atoms with van der Waals surface area (Å²) in [7, 11) is 0. The molecule has 1 saturated heterocycles. The summed E-state index contributed by atoms with van der Waals surface area (Å²) in [5.41, 5.74) is 1.19. The Morgan fingerprint density at radius 3 is 2.76 bits per heavy atom. The van der Waals surface area contributed by atoms with Gasteiger partial charge < -0.3 is 10.1 Å². The minimum atomic E-state index is -0.150. The van der Waals surface area contributed by atoms with Crippen LogP contribution in [0.2, 0.25) is 0 Å². The van der Waals surface area contributed by atoms with Crippen molar-refractivity contribution >= 4 is 22.5 Å². The van der Waals surface area contributed by atoms with E-state index in [1.54, 1.807) is 11.3 Å². The Kier molecular flexibility index (Phi) is 6.67. The van der Waals surface area contributed by atoms with Gasteiger partial charge in [0, 0.05) is 30.6 Å². The number of aryl methyl sites for hydroxylation is 2. The van der Waals surface area contributed by atoms with Crippen molar-refractivity contribution in [3.05, 3.63) is 10.6 Å². The largest absolute Gasteiger partial charge is 0.379 e. The number of anilines is 1. The Balaban J connectivity index is 1.51. The van der Waals surface area contributed by atoms with Crippen LogP contribution in [0.4, 0.5) is 9.93 Å². The minimum Gasteiger partial charge on any atom is -0.379 e. The van der Waals surface area contributed by atoms with Gasteiger partial charge in [-0.15, -0.1) is 11.3 Å². The molecule has 25 heavy (non-hydrogen) atoms. The average molecular weight is 367 g/mol. The molecule has 1 aliphatic heterocycles. The van der Waals surface area contributed by atoms with E-state index in [1.165, 1.54) is 29.8 Å². The van der Waals surface area contributed by atoms with Crippen LogP contribution in [0.25, 0.3) is 0 Å². The molecule has 1 aromatic heterocycles. The lowest BCUT2D eigenvalue weighted by molar-refractivity contribution is 0.00728. The molecule has 0 spiro atoms. The molecule has 7 heteroatoms. The van der Waals surface area contributed by atoms with Gasteiger partial charge in [0.25, 0.3) is 0 Å². The van der Waals surface area contributed by atoms with Crippen molar-refractivity contribution in [2.24, 2.45) is 5.92 Å². The fourth-order valence-corrected chi connectivity index (χ4v) is 4.66. The quantitative estimate of drug-likeness (QED) is 0.787. The van der Waals surface area contributed by atoms with Crippen molar-refractivity contribution in [3.63, 3.8) is 0 Å². The third kappa shape index (κ3) is 5.15. The van der Waals surface area contributed by atoms with Gasteiger partial charge in [0.05, 0.1) is 18.9 Å². The number of thiazole rings is 1. The number of hydrogen-bond donors (Lipinski definition) is 2. The van der Waals surface area contributed by atoms with E-state index >= 15 is 0 Å². The molecule has 140 valence electrons. The van der Waals surface area contributed by atoms with E-state index in [1.807, 2.05) is 0 Å². The number of nitrogens with one attached hydrogen (secondary N) is 2. The van der Waals surface area contributed by atoms with E-state index in [0.717, 1.165) is 44.3 Å². The van der Waals surface area contributed by atoms with Crippen molar-refractivity contribution in [1.82, 2.24) is 15.2 Å². The summed E-state index contributed by atoms with van der Waals surface area (Å²) in [5.74, 6) is 0.481. The first kappa shape index (κ1) is 18.6. The lowest BCUT2D eigenvalue weighted by atomic mass is 10.0. The van der Waals surface area contributed by atoms with Gasteiger partial charge in [0.15, 0.2) is 5.13 Å². The zero-order valence-electron chi connectivity index (χ0n) is 15.3. The fourth-order valence-electron chi connectivity index (χ4n) is 3.62. The molecule has 0 saturated carbocycles. The summed E-state index contributed by atoms with van der Waals surface area (Å²) in [5, 5.41) is 6.70. The number of aromatic nitrogens is 1. The summed E-state index contributed by atoms with van der Waals surface area (Å²) in [4.78, 5) is 20.7. The number of ether oxygens (including phenoxy) is 1. The van der Waals surface area contributed by atoms with E-state index in [2.05, 4.69) is 34.4 Å². The van der Waals surface area contributed by atoms with Crippen molar-refractivity contribution in [2.75, 3.05) is 38.2 Å². The van der Waals surface area contributed by atoms with Crippen LogP contribution in [0.1, 0.15) is 43.7 Å². The maximum Gasteiger partial charge on any atom is 0.321 e. The third-order valence-corrected chi connectivity index (χ3v) is 6.14. The maximum atomic E-state index is 12.3. The summed E-state index contributed by atoms with van der Waals surface area (Å²) >= 11 is 1.64. The highest BCUT2D eigenvalue weighted by Crippen LogP contribution is 2.28. The second-order valence-electron chi connectivity index (χ2n) is 7.24.